The molecule has 22 heavy (non-hydrogen) atoms. The summed E-state index contributed by atoms with van der Waals surface area (Å²) in [6, 6.07) is 19.3. The third kappa shape index (κ3) is 4.87. The van der Waals surface area contributed by atoms with Gasteiger partial charge in [0.25, 0.3) is 0 Å². The molecule has 4 rings (SSSR count). The van der Waals surface area contributed by atoms with Gasteiger partial charge in [0.2, 0.25) is 0 Å². The molecule has 0 unspecified atom stereocenters. The zero-order chi connectivity index (χ0) is 13.1. The van der Waals surface area contributed by atoms with Gasteiger partial charge in [-0.25, -0.2) is 11.6 Å². The SMILES string of the molecule is CC1=[C-]CC=C1.[Cl-].[Cl-].[Hf+4].c1ccc2c(c1)[cH-]c1ccccc12. The van der Waals surface area contributed by atoms with Crippen molar-refractivity contribution in [2.24, 2.45) is 0 Å². The van der Waals surface area contributed by atoms with E-state index in [0.717, 1.165) is 6.42 Å². The Labute approximate surface area is 163 Å². The molecule has 110 valence electrons. The average Bonchev–Trinajstić information content (AvgIpc) is 3.06. The molecule has 0 radical (unpaired) electrons. The van der Waals surface area contributed by atoms with Crippen LogP contribution < -0.4 is 24.8 Å². The van der Waals surface area contributed by atoms with Crippen molar-refractivity contribution >= 4 is 21.5 Å². The van der Waals surface area contributed by atoms with Crippen LogP contribution in [0.4, 0.5) is 0 Å². The molecule has 0 bridgehead atoms. The molecule has 0 spiro atoms. The van der Waals surface area contributed by atoms with Crippen LogP contribution in [0.15, 0.2) is 72.3 Å². The number of fused-ring (bicyclic) bond motifs is 3. The summed E-state index contributed by atoms with van der Waals surface area (Å²) in [5, 5.41) is 5.39. The van der Waals surface area contributed by atoms with Crippen LogP contribution in [0, 0.1) is 6.08 Å². The maximum atomic E-state index is 3.12. The van der Waals surface area contributed by atoms with E-state index in [2.05, 4.69) is 79.7 Å². The molecule has 1 aliphatic rings. The van der Waals surface area contributed by atoms with E-state index in [1.54, 1.807) is 0 Å². The second-order valence-corrected chi connectivity index (χ2v) is 4.79. The quantitative estimate of drug-likeness (QED) is 0.290. The maximum absolute atomic E-state index is 3.12. The van der Waals surface area contributed by atoms with Gasteiger partial charge in [-0.3, -0.25) is 6.08 Å². The smallest absolute Gasteiger partial charge is 1.00 e. The van der Waals surface area contributed by atoms with Gasteiger partial charge in [0, 0.05) is 0 Å². The van der Waals surface area contributed by atoms with Crippen LogP contribution in [0.1, 0.15) is 13.3 Å². The van der Waals surface area contributed by atoms with Crippen LogP contribution in [-0.4, -0.2) is 0 Å². The number of benzene rings is 2. The Morgan fingerprint density at radius 2 is 1.36 bits per heavy atom. The third-order valence-corrected chi connectivity index (χ3v) is 3.39. The van der Waals surface area contributed by atoms with E-state index in [1.807, 2.05) is 0 Å². The van der Waals surface area contributed by atoms with Gasteiger partial charge in [-0.15, -0.1) is 46.2 Å². The van der Waals surface area contributed by atoms with Crippen molar-refractivity contribution in [2.75, 3.05) is 0 Å². The maximum Gasteiger partial charge on any atom is 4.00 e. The first-order chi connectivity index (χ1) is 9.34. The van der Waals surface area contributed by atoms with Crippen molar-refractivity contribution in [3.63, 3.8) is 0 Å². The fourth-order valence-corrected chi connectivity index (χ4v) is 2.42. The number of rotatable bonds is 0. The number of halogens is 2. The zero-order valence-corrected chi connectivity index (χ0v) is 17.4. The molecule has 0 aromatic heterocycles. The predicted molar refractivity (Wildman–Crippen MR) is 83.2 cm³/mol. The molecule has 0 aliphatic heterocycles. The molecule has 0 nitrogen and oxygen atoms in total. The van der Waals surface area contributed by atoms with Gasteiger partial charge in [0.05, 0.1) is 0 Å². The first kappa shape index (κ1) is 21.2. The summed E-state index contributed by atoms with van der Waals surface area (Å²) in [4.78, 5) is 0. The number of hydrogen-bond acceptors (Lipinski definition) is 0. The van der Waals surface area contributed by atoms with Crippen molar-refractivity contribution in [3.05, 3.63) is 78.4 Å². The monoisotopic (exact) mass is 494 g/mol. The first-order valence-corrected chi connectivity index (χ1v) is 6.62. The van der Waals surface area contributed by atoms with E-state index < -0.39 is 0 Å². The molecule has 0 N–H and O–H groups in total. The first-order valence-electron chi connectivity index (χ1n) is 6.62. The van der Waals surface area contributed by atoms with Gasteiger partial charge in [-0.1, -0.05) is 43.3 Å². The summed E-state index contributed by atoms with van der Waals surface area (Å²) in [7, 11) is 0. The molecule has 0 amide bonds. The van der Waals surface area contributed by atoms with Gasteiger partial charge >= 0.3 is 25.8 Å². The third-order valence-electron chi connectivity index (χ3n) is 3.39. The Balaban J connectivity index is 0.000000429. The molecule has 0 saturated heterocycles. The standard InChI is InChI=1S/C13H9.C6H7.2ClH.Hf/c1-3-7-12-10(5-1)9-11-6-2-4-8-13(11)12;1-6-4-2-3-5-6;;;/h1-9H;2,4H,3H2,1H3;2*1H;/q2*-1;;;+4/p-2. The minimum absolute atomic E-state index is 0. The van der Waals surface area contributed by atoms with Crippen LogP contribution in [0.3, 0.4) is 0 Å². The van der Waals surface area contributed by atoms with Gasteiger partial charge in [-0.2, -0.15) is 6.08 Å². The summed E-state index contributed by atoms with van der Waals surface area (Å²) in [6.45, 7) is 2.06. The summed E-state index contributed by atoms with van der Waals surface area (Å²) in [6.07, 6.45) is 8.33. The second kappa shape index (κ2) is 10.1. The van der Waals surface area contributed by atoms with Gasteiger partial charge in [0.15, 0.2) is 0 Å². The summed E-state index contributed by atoms with van der Waals surface area (Å²) in [5.74, 6) is 0. The van der Waals surface area contributed by atoms with Crippen molar-refractivity contribution in [1.29, 1.82) is 0 Å². The Hall–Kier alpha value is -0.760. The van der Waals surface area contributed by atoms with E-state index >= 15 is 0 Å². The van der Waals surface area contributed by atoms with E-state index in [1.165, 1.54) is 27.1 Å². The Bertz CT molecular complexity index is 716. The van der Waals surface area contributed by atoms with Crippen molar-refractivity contribution in [1.82, 2.24) is 0 Å². The van der Waals surface area contributed by atoms with Gasteiger partial charge in [0.1, 0.15) is 0 Å². The minimum atomic E-state index is 0. The molecule has 0 fully saturated rings. The molecular weight excluding hydrogens is 478 g/mol. The number of allylic oxidation sites excluding steroid dienone is 4. The molecular formula is C19H16Cl2Hf. The fourth-order valence-electron chi connectivity index (χ4n) is 2.42. The average molecular weight is 494 g/mol. The van der Waals surface area contributed by atoms with Gasteiger partial charge < -0.3 is 24.8 Å². The van der Waals surface area contributed by atoms with Crippen LogP contribution in [0.5, 0.6) is 0 Å². The molecule has 1 aliphatic carbocycles. The van der Waals surface area contributed by atoms with E-state index in [9.17, 15) is 0 Å². The van der Waals surface area contributed by atoms with Crippen LogP contribution >= 0.6 is 0 Å². The normalized spacial score (nSPS) is 11.6. The summed E-state index contributed by atoms with van der Waals surface area (Å²) >= 11 is 0. The Kier molecular flexibility index (Phi) is 9.75. The second-order valence-electron chi connectivity index (χ2n) is 4.79. The van der Waals surface area contributed by atoms with E-state index in [-0.39, 0.29) is 50.7 Å². The molecule has 3 aromatic carbocycles. The van der Waals surface area contributed by atoms with Crippen LogP contribution in [0.2, 0.25) is 0 Å². The summed E-state index contributed by atoms with van der Waals surface area (Å²) < 4.78 is 0. The van der Waals surface area contributed by atoms with Gasteiger partial charge in [-0.05, 0) is 0 Å². The molecule has 3 aromatic rings. The zero-order valence-electron chi connectivity index (χ0n) is 12.3. The van der Waals surface area contributed by atoms with E-state index in [0.29, 0.717) is 0 Å². The summed E-state index contributed by atoms with van der Waals surface area (Å²) in [5.41, 5.74) is 1.27. The Morgan fingerprint density at radius 3 is 1.73 bits per heavy atom. The predicted octanol–water partition coefficient (Wildman–Crippen LogP) is -0.587. The van der Waals surface area contributed by atoms with E-state index in [4.69, 9.17) is 0 Å². The van der Waals surface area contributed by atoms with Crippen molar-refractivity contribution < 1.29 is 50.7 Å². The Morgan fingerprint density at radius 1 is 0.864 bits per heavy atom. The van der Waals surface area contributed by atoms with Crippen LogP contribution in [0.25, 0.3) is 21.5 Å². The van der Waals surface area contributed by atoms with Crippen LogP contribution in [-0.2, 0) is 25.8 Å². The van der Waals surface area contributed by atoms with Crippen molar-refractivity contribution in [3.8, 4) is 0 Å². The molecule has 3 heteroatoms. The molecule has 0 atom stereocenters. The minimum Gasteiger partial charge on any atom is -1.00 e. The van der Waals surface area contributed by atoms with Crippen molar-refractivity contribution in [2.45, 2.75) is 13.3 Å². The molecule has 0 heterocycles. The fraction of sp³-hybridized carbons (Fsp3) is 0.105. The molecule has 0 saturated carbocycles. The topological polar surface area (TPSA) is 0 Å². The largest absolute Gasteiger partial charge is 4.00 e. The number of hydrogen-bond donors (Lipinski definition) is 0.